The van der Waals surface area contributed by atoms with Crippen molar-refractivity contribution in [3.63, 3.8) is 0 Å². The highest BCUT2D eigenvalue weighted by Gasteiger charge is 2.46. The van der Waals surface area contributed by atoms with Gasteiger partial charge in [0, 0.05) is 6.54 Å². The third kappa shape index (κ3) is 3.72. The van der Waals surface area contributed by atoms with Crippen LogP contribution in [0.3, 0.4) is 0 Å². The first-order chi connectivity index (χ1) is 13.6. The molecule has 1 heterocycles. The number of amides is 2. The zero-order chi connectivity index (χ0) is 21.4. The van der Waals surface area contributed by atoms with Crippen LogP contribution >= 0.6 is 0 Å². The minimum absolute atomic E-state index is 0.0734. The lowest BCUT2D eigenvalue weighted by atomic mass is 9.80. The van der Waals surface area contributed by atoms with Gasteiger partial charge in [0.15, 0.2) is 0 Å². The second-order valence-corrected chi connectivity index (χ2v) is 7.35. The van der Waals surface area contributed by atoms with Gasteiger partial charge in [-0.15, -0.1) is 0 Å². The van der Waals surface area contributed by atoms with E-state index in [0.717, 1.165) is 6.07 Å². The first kappa shape index (κ1) is 20.9. The Kier molecular flexibility index (Phi) is 5.40. The van der Waals surface area contributed by atoms with Crippen molar-refractivity contribution >= 4 is 11.8 Å². The van der Waals surface area contributed by atoms with E-state index in [-0.39, 0.29) is 11.5 Å². The Hall–Kier alpha value is -2.87. The number of hydrogen-bond donors (Lipinski definition) is 2. The van der Waals surface area contributed by atoms with Crippen molar-refractivity contribution in [2.24, 2.45) is 0 Å². The fourth-order valence-electron chi connectivity index (χ4n) is 3.74. The normalized spacial score (nSPS) is 20.6. The van der Waals surface area contributed by atoms with E-state index in [4.69, 9.17) is 5.21 Å². The summed E-state index contributed by atoms with van der Waals surface area (Å²) in [6.45, 7) is 3.60. The van der Waals surface area contributed by atoms with Gasteiger partial charge in [-0.3, -0.25) is 14.8 Å². The Morgan fingerprint density at radius 1 is 1.17 bits per heavy atom. The summed E-state index contributed by atoms with van der Waals surface area (Å²) in [6, 6.07) is 11.0. The van der Waals surface area contributed by atoms with Gasteiger partial charge in [-0.25, -0.2) is 5.48 Å². The van der Waals surface area contributed by atoms with E-state index in [0.29, 0.717) is 24.1 Å². The van der Waals surface area contributed by atoms with Gasteiger partial charge in [0.2, 0.25) is 5.91 Å². The predicted octanol–water partition coefficient (Wildman–Crippen LogP) is 3.76. The number of benzene rings is 2. The molecule has 2 unspecified atom stereocenters. The number of nitrogens with one attached hydrogen (secondary N) is 1. The van der Waals surface area contributed by atoms with Crippen LogP contribution in [0.15, 0.2) is 48.5 Å². The van der Waals surface area contributed by atoms with E-state index in [1.165, 1.54) is 24.0 Å². The van der Waals surface area contributed by atoms with Crippen molar-refractivity contribution in [2.75, 3.05) is 6.54 Å². The Balaban J connectivity index is 1.90. The molecular formula is C21H21F3N2O3. The summed E-state index contributed by atoms with van der Waals surface area (Å²) >= 11 is 0. The standard InChI is InChI=1S/C21H21F3N2O3/c1-13(18(27)25-29)26-12-11-20(2,19(26)28)15-9-7-14(8-10-15)16-5-3-4-6-17(16)21(22,23)24/h3-10,13,29H,11-12H2,1-2H3,(H,25,27). The number of halogens is 3. The van der Waals surface area contributed by atoms with Crippen LogP contribution in [0.1, 0.15) is 31.4 Å². The van der Waals surface area contributed by atoms with Crippen molar-refractivity contribution in [3.05, 3.63) is 59.7 Å². The number of carbonyl (C=O) groups excluding carboxylic acids is 2. The fraction of sp³-hybridized carbons (Fsp3) is 0.333. The molecular weight excluding hydrogens is 385 g/mol. The van der Waals surface area contributed by atoms with Crippen LogP contribution in [0, 0.1) is 0 Å². The van der Waals surface area contributed by atoms with Crippen LogP contribution in [0.5, 0.6) is 0 Å². The molecule has 0 spiro atoms. The summed E-state index contributed by atoms with van der Waals surface area (Å²) in [6.07, 6.45) is -4.01. The predicted molar refractivity (Wildman–Crippen MR) is 100.0 cm³/mol. The minimum atomic E-state index is -4.47. The number of alkyl halides is 3. The second-order valence-electron chi connectivity index (χ2n) is 7.35. The van der Waals surface area contributed by atoms with E-state index in [1.54, 1.807) is 42.7 Å². The third-order valence-corrected chi connectivity index (χ3v) is 5.61. The van der Waals surface area contributed by atoms with E-state index in [9.17, 15) is 22.8 Å². The molecule has 154 valence electrons. The summed E-state index contributed by atoms with van der Waals surface area (Å²) in [4.78, 5) is 26.0. The monoisotopic (exact) mass is 406 g/mol. The molecule has 29 heavy (non-hydrogen) atoms. The highest BCUT2D eigenvalue weighted by molar-refractivity contribution is 5.94. The topological polar surface area (TPSA) is 69.6 Å². The number of hydrogen-bond acceptors (Lipinski definition) is 3. The molecule has 0 bridgehead atoms. The van der Waals surface area contributed by atoms with Crippen LogP contribution in [-0.4, -0.2) is 34.5 Å². The molecule has 0 aliphatic carbocycles. The highest BCUT2D eigenvalue weighted by Crippen LogP contribution is 2.40. The molecule has 2 atom stereocenters. The van der Waals surface area contributed by atoms with Gasteiger partial charge in [-0.05, 0) is 43.0 Å². The van der Waals surface area contributed by atoms with Gasteiger partial charge < -0.3 is 4.90 Å². The number of hydroxylamine groups is 1. The molecule has 1 saturated heterocycles. The van der Waals surface area contributed by atoms with E-state index >= 15 is 0 Å². The second kappa shape index (κ2) is 7.51. The van der Waals surface area contributed by atoms with E-state index in [2.05, 4.69) is 0 Å². The highest BCUT2D eigenvalue weighted by atomic mass is 19.4. The number of rotatable bonds is 4. The van der Waals surface area contributed by atoms with Crippen molar-refractivity contribution < 1.29 is 28.0 Å². The average Bonchev–Trinajstić information content (AvgIpc) is 3.02. The fourth-order valence-corrected chi connectivity index (χ4v) is 3.74. The maximum Gasteiger partial charge on any atom is 0.417 e. The Bertz CT molecular complexity index is 928. The van der Waals surface area contributed by atoms with E-state index in [1.807, 2.05) is 0 Å². The summed E-state index contributed by atoms with van der Waals surface area (Å²) in [5, 5.41) is 8.80. The maximum absolute atomic E-state index is 13.3. The number of likely N-dealkylation sites (tertiary alicyclic amines) is 1. The molecule has 2 aromatic carbocycles. The molecule has 2 aromatic rings. The smallest absolute Gasteiger partial charge is 0.330 e. The average molecular weight is 406 g/mol. The molecule has 8 heteroatoms. The number of carbonyl (C=O) groups is 2. The molecule has 0 saturated carbocycles. The molecule has 1 fully saturated rings. The molecule has 3 rings (SSSR count). The van der Waals surface area contributed by atoms with E-state index < -0.39 is 29.1 Å². The molecule has 2 amide bonds. The van der Waals surface area contributed by atoms with Crippen LogP contribution in [-0.2, 0) is 21.2 Å². The van der Waals surface area contributed by atoms with Crippen LogP contribution in [0.2, 0.25) is 0 Å². The first-order valence-corrected chi connectivity index (χ1v) is 9.12. The Morgan fingerprint density at radius 2 is 1.79 bits per heavy atom. The summed E-state index contributed by atoms with van der Waals surface area (Å²) in [5.41, 5.74) is 1.07. The first-order valence-electron chi connectivity index (χ1n) is 9.12. The van der Waals surface area contributed by atoms with Crippen LogP contribution < -0.4 is 5.48 Å². The molecule has 2 N–H and O–H groups in total. The maximum atomic E-state index is 13.3. The third-order valence-electron chi connectivity index (χ3n) is 5.61. The van der Waals surface area contributed by atoms with Crippen LogP contribution in [0.25, 0.3) is 11.1 Å². The lowest BCUT2D eigenvalue weighted by molar-refractivity contribution is -0.143. The molecule has 0 aromatic heterocycles. The van der Waals surface area contributed by atoms with Crippen molar-refractivity contribution in [1.29, 1.82) is 0 Å². The quantitative estimate of drug-likeness (QED) is 0.600. The van der Waals surface area contributed by atoms with Gasteiger partial charge in [-0.2, -0.15) is 13.2 Å². The Labute approximate surface area is 166 Å². The SMILES string of the molecule is CC(C(=O)NO)N1CCC(C)(c2ccc(-c3ccccc3C(F)(F)F)cc2)C1=O. The largest absolute Gasteiger partial charge is 0.417 e. The van der Waals surface area contributed by atoms with Crippen molar-refractivity contribution in [1.82, 2.24) is 10.4 Å². The summed E-state index contributed by atoms with van der Waals surface area (Å²) < 4.78 is 39.9. The van der Waals surface area contributed by atoms with Crippen molar-refractivity contribution in [2.45, 2.75) is 37.9 Å². The van der Waals surface area contributed by atoms with Gasteiger partial charge in [-0.1, -0.05) is 42.5 Å². The van der Waals surface area contributed by atoms with Gasteiger partial charge in [0.25, 0.3) is 5.91 Å². The van der Waals surface area contributed by atoms with Crippen molar-refractivity contribution in [3.8, 4) is 11.1 Å². The van der Waals surface area contributed by atoms with Gasteiger partial charge in [0.05, 0.1) is 11.0 Å². The summed E-state index contributed by atoms with van der Waals surface area (Å²) in [7, 11) is 0. The number of nitrogens with zero attached hydrogens (tertiary/aromatic N) is 1. The molecule has 1 aliphatic rings. The van der Waals surface area contributed by atoms with Crippen LogP contribution in [0.4, 0.5) is 13.2 Å². The zero-order valence-corrected chi connectivity index (χ0v) is 16.0. The van der Waals surface area contributed by atoms with Gasteiger partial charge >= 0.3 is 6.18 Å². The lowest BCUT2D eigenvalue weighted by Gasteiger charge is -2.27. The van der Waals surface area contributed by atoms with Gasteiger partial charge in [0.1, 0.15) is 6.04 Å². The lowest BCUT2D eigenvalue weighted by Crippen LogP contribution is -2.47. The Morgan fingerprint density at radius 3 is 2.38 bits per heavy atom. The molecule has 0 radical (unpaired) electrons. The summed E-state index contributed by atoms with van der Waals surface area (Å²) in [5.74, 6) is -0.946. The molecule has 1 aliphatic heterocycles. The minimum Gasteiger partial charge on any atom is -0.330 e. The molecule has 5 nitrogen and oxygen atoms in total. The zero-order valence-electron chi connectivity index (χ0n) is 16.0.